The van der Waals surface area contributed by atoms with Gasteiger partial charge in [0, 0.05) is 48.6 Å². The molecule has 2 aromatic carbocycles. The highest BCUT2D eigenvalue weighted by atomic mass is 32.2. The van der Waals surface area contributed by atoms with Crippen LogP contribution in [-0.2, 0) is 16.6 Å². The summed E-state index contributed by atoms with van der Waals surface area (Å²) in [6, 6.07) is 18.3. The van der Waals surface area contributed by atoms with Crippen molar-refractivity contribution >= 4 is 21.6 Å². The highest BCUT2D eigenvalue weighted by Crippen LogP contribution is 2.37. The number of ether oxygens (including phenoxy) is 1. The molecule has 0 radical (unpaired) electrons. The van der Waals surface area contributed by atoms with E-state index in [1.54, 1.807) is 53.1 Å². The molecule has 0 spiro atoms. The van der Waals surface area contributed by atoms with E-state index in [-0.39, 0.29) is 28.2 Å². The highest BCUT2D eigenvalue weighted by molar-refractivity contribution is 7.89. The van der Waals surface area contributed by atoms with Crippen molar-refractivity contribution in [2.75, 3.05) is 25.0 Å². The minimum Gasteiger partial charge on any atom is -0.494 e. The molecule has 188 valence electrons. The lowest BCUT2D eigenvalue weighted by molar-refractivity contribution is 0.102. The summed E-state index contributed by atoms with van der Waals surface area (Å²) in [5.74, 6) is 0.521. The van der Waals surface area contributed by atoms with Gasteiger partial charge in [0.2, 0.25) is 10.0 Å². The van der Waals surface area contributed by atoms with Crippen molar-refractivity contribution in [3.05, 3.63) is 88.3 Å². The molecule has 0 saturated carbocycles. The van der Waals surface area contributed by atoms with Crippen LogP contribution in [0.4, 0.5) is 5.69 Å². The standard InChI is InChI=1S/C27H29N3O5S/c1-2-14-35-23-10-6-20(7-11-23)27(32)28-22-8-12-24(13-9-22)36(33,34)29-16-19-15-21(18-29)25-4-3-5-26(31)30(25)17-19/h3-13,19,21H,2,14-18H2,1H3,(H,28,32)/t19-,21-/m1/s1. The van der Waals surface area contributed by atoms with Crippen LogP contribution in [0.5, 0.6) is 5.75 Å². The first kappa shape index (κ1) is 24.3. The van der Waals surface area contributed by atoms with Crippen molar-refractivity contribution in [2.24, 2.45) is 5.92 Å². The van der Waals surface area contributed by atoms with Gasteiger partial charge in [-0.05, 0) is 73.4 Å². The number of sulfonamides is 1. The monoisotopic (exact) mass is 507 g/mol. The van der Waals surface area contributed by atoms with Crippen molar-refractivity contribution in [3.8, 4) is 5.75 Å². The summed E-state index contributed by atoms with van der Waals surface area (Å²) in [7, 11) is -3.71. The van der Waals surface area contributed by atoms with Gasteiger partial charge in [0.15, 0.2) is 0 Å². The lowest BCUT2D eigenvalue weighted by Gasteiger charge is -2.42. The van der Waals surface area contributed by atoms with Gasteiger partial charge in [-0.25, -0.2) is 8.42 Å². The number of fused-ring (bicyclic) bond motifs is 4. The van der Waals surface area contributed by atoms with E-state index < -0.39 is 10.0 Å². The molecule has 5 rings (SSSR count). The smallest absolute Gasteiger partial charge is 0.255 e. The van der Waals surface area contributed by atoms with Crippen molar-refractivity contribution < 1.29 is 17.9 Å². The fourth-order valence-electron chi connectivity index (χ4n) is 5.03. The average Bonchev–Trinajstić information content (AvgIpc) is 2.88. The maximum atomic E-state index is 13.4. The van der Waals surface area contributed by atoms with Crippen LogP contribution in [0.2, 0.25) is 0 Å². The third-order valence-corrected chi connectivity index (χ3v) is 8.63. The van der Waals surface area contributed by atoms with Gasteiger partial charge in [0.05, 0.1) is 11.5 Å². The number of amides is 1. The van der Waals surface area contributed by atoms with E-state index in [1.165, 1.54) is 16.4 Å². The zero-order chi connectivity index (χ0) is 25.3. The lowest BCUT2D eigenvalue weighted by atomic mass is 9.84. The quantitative estimate of drug-likeness (QED) is 0.526. The number of benzene rings is 2. The number of nitrogens with zero attached hydrogens (tertiary/aromatic N) is 2. The van der Waals surface area contributed by atoms with E-state index in [0.29, 0.717) is 43.2 Å². The Balaban J connectivity index is 1.27. The zero-order valence-electron chi connectivity index (χ0n) is 20.1. The van der Waals surface area contributed by atoms with E-state index in [2.05, 4.69) is 5.32 Å². The number of hydrogen-bond acceptors (Lipinski definition) is 5. The van der Waals surface area contributed by atoms with Gasteiger partial charge in [-0.15, -0.1) is 0 Å². The molecular weight excluding hydrogens is 478 g/mol. The summed E-state index contributed by atoms with van der Waals surface area (Å²) in [5, 5.41) is 2.81. The van der Waals surface area contributed by atoms with Crippen LogP contribution in [0.15, 0.2) is 76.4 Å². The molecule has 3 heterocycles. The number of pyridine rings is 1. The predicted molar refractivity (Wildman–Crippen MR) is 137 cm³/mol. The number of aromatic nitrogens is 1. The second-order valence-electron chi connectivity index (χ2n) is 9.37. The van der Waals surface area contributed by atoms with Gasteiger partial charge < -0.3 is 14.6 Å². The number of piperidine rings is 1. The van der Waals surface area contributed by atoms with Crippen LogP contribution in [0.3, 0.4) is 0 Å². The Hall–Kier alpha value is -3.43. The Morgan fingerprint density at radius 3 is 2.47 bits per heavy atom. The fourth-order valence-corrected chi connectivity index (χ4v) is 6.60. The highest BCUT2D eigenvalue weighted by Gasteiger charge is 2.39. The predicted octanol–water partition coefficient (Wildman–Crippen LogP) is 3.70. The molecule has 2 atom stereocenters. The summed E-state index contributed by atoms with van der Waals surface area (Å²) >= 11 is 0. The van der Waals surface area contributed by atoms with Crippen LogP contribution in [-0.4, -0.2) is 42.9 Å². The topological polar surface area (TPSA) is 97.7 Å². The van der Waals surface area contributed by atoms with Crippen LogP contribution < -0.4 is 15.6 Å². The van der Waals surface area contributed by atoms with E-state index in [0.717, 1.165) is 18.5 Å². The third-order valence-electron chi connectivity index (χ3n) is 6.79. The normalized spacial score (nSPS) is 19.4. The largest absolute Gasteiger partial charge is 0.494 e. The molecule has 2 aliphatic rings. The van der Waals surface area contributed by atoms with Crippen molar-refractivity contribution in [1.29, 1.82) is 0 Å². The van der Waals surface area contributed by atoms with Gasteiger partial charge in [0.1, 0.15) is 5.75 Å². The van der Waals surface area contributed by atoms with E-state index in [4.69, 9.17) is 4.74 Å². The zero-order valence-corrected chi connectivity index (χ0v) is 20.9. The second-order valence-corrected chi connectivity index (χ2v) is 11.3. The van der Waals surface area contributed by atoms with Crippen LogP contribution in [0.25, 0.3) is 0 Å². The Labute approximate surface area is 210 Å². The second kappa shape index (κ2) is 9.91. The average molecular weight is 508 g/mol. The van der Waals surface area contributed by atoms with Crippen LogP contribution in [0, 0.1) is 5.92 Å². The maximum absolute atomic E-state index is 13.4. The van der Waals surface area contributed by atoms with Gasteiger partial charge in [0.25, 0.3) is 11.5 Å². The summed E-state index contributed by atoms with van der Waals surface area (Å²) in [6.07, 6.45) is 1.79. The van der Waals surface area contributed by atoms with Gasteiger partial charge in [-0.3, -0.25) is 9.59 Å². The molecule has 2 bridgehead atoms. The fraction of sp³-hybridized carbons (Fsp3) is 0.333. The number of nitrogens with one attached hydrogen (secondary N) is 1. The SMILES string of the molecule is CCCOc1ccc(C(=O)Nc2ccc(S(=O)(=O)N3C[C@H]4C[C@H](C3)c3cccc(=O)n3C4)cc2)cc1. The number of carbonyl (C=O) groups is 1. The molecule has 1 aromatic heterocycles. The number of hydrogen-bond donors (Lipinski definition) is 1. The Morgan fingerprint density at radius 1 is 1.00 bits per heavy atom. The first-order valence-corrected chi connectivity index (χ1v) is 13.6. The molecule has 1 fully saturated rings. The molecule has 0 unspecified atom stereocenters. The third kappa shape index (κ3) is 4.81. The maximum Gasteiger partial charge on any atom is 0.255 e. The van der Waals surface area contributed by atoms with E-state index in [1.807, 2.05) is 13.0 Å². The first-order chi connectivity index (χ1) is 17.3. The van der Waals surface area contributed by atoms with Gasteiger partial charge in [-0.2, -0.15) is 4.31 Å². The van der Waals surface area contributed by atoms with Crippen LogP contribution >= 0.6 is 0 Å². The molecule has 9 heteroatoms. The molecule has 1 amide bonds. The van der Waals surface area contributed by atoms with Gasteiger partial charge >= 0.3 is 0 Å². The molecule has 1 N–H and O–H groups in total. The Bertz CT molecular complexity index is 1420. The summed E-state index contributed by atoms with van der Waals surface area (Å²) in [5.41, 5.74) is 1.86. The van der Waals surface area contributed by atoms with E-state index in [9.17, 15) is 18.0 Å². The summed E-state index contributed by atoms with van der Waals surface area (Å²) in [4.78, 5) is 25.0. The molecular formula is C27H29N3O5S. The van der Waals surface area contributed by atoms with Crippen molar-refractivity contribution in [3.63, 3.8) is 0 Å². The minimum absolute atomic E-state index is 0.00139. The molecule has 1 saturated heterocycles. The van der Waals surface area contributed by atoms with Crippen LogP contribution in [0.1, 0.15) is 41.7 Å². The number of anilines is 1. The molecule has 3 aromatic rings. The Kier molecular flexibility index (Phi) is 6.68. The summed E-state index contributed by atoms with van der Waals surface area (Å²) < 4.78 is 35.7. The molecule has 36 heavy (non-hydrogen) atoms. The molecule has 0 aliphatic carbocycles. The molecule has 2 aliphatic heterocycles. The minimum atomic E-state index is -3.71. The molecule has 8 nitrogen and oxygen atoms in total. The lowest BCUT2D eigenvalue weighted by Crippen LogP contribution is -2.48. The first-order valence-electron chi connectivity index (χ1n) is 12.2. The van der Waals surface area contributed by atoms with Gasteiger partial charge in [-0.1, -0.05) is 13.0 Å². The number of carbonyl (C=O) groups excluding carboxylic acids is 1. The van der Waals surface area contributed by atoms with E-state index >= 15 is 0 Å². The summed E-state index contributed by atoms with van der Waals surface area (Å²) in [6.45, 7) is 3.91. The van der Waals surface area contributed by atoms with Crippen molar-refractivity contribution in [2.45, 2.75) is 37.1 Å². The van der Waals surface area contributed by atoms with Crippen molar-refractivity contribution in [1.82, 2.24) is 8.87 Å². The number of rotatable bonds is 7. The Morgan fingerprint density at radius 2 is 1.75 bits per heavy atom.